The number of nitrogens with zero attached hydrogens (tertiary/aromatic N) is 1. The van der Waals surface area contributed by atoms with E-state index in [1.807, 2.05) is 31.2 Å². The molecule has 0 aliphatic carbocycles. The standard InChI is InChI=1S/C22H23F3N2O2/c1-15-5-7-16(8-6-15)21(29)17-9-11-27(12-10-17)20(28)14-26-19-4-2-3-18(13-19)22(23,24)25/h2-8,13,17,26H,9-12,14H2,1H3. The molecule has 0 bridgehead atoms. The molecule has 3 rings (SSSR count). The first-order valence-corrected chi connectivity index (χ1v) is 9.54. The Bertz CT molecular complexity index is 870. The van der Waals surface area contributed by atoms with Crippen molar-refractivity contribution in [3.63, 3.8) is 0 Å². The summed E-state index contributed by atoms with van der Waals surface area (Å²) in [5.74, 6) is -0.207. The lowest BCUT2D eigenvalue weighted by Crippen LogP contribution is -2.42. The highest BCUT2D eigenvalue weighted by molar-refractivity contribution is 5.98. The molecule has 1 amide bonds. The van der Waals surface area contributed by atoms with Gasteiger partial charge in [-0.25, -0.2) is 0 Å². The lowest BCUT2D eigenvalue weighted by Gasteiger charge is -2.31. The predicted octanol–water partition coefficient (Wildman–Crippen LogP) is 4.55. The van der Waals surface area contributed by atoms with Crippen molar-refractivity contribution in [2.45, 2.75) is 25.9 Å². The van der Waals surface area contributed by atoms with E-state index < -0.39 is 11.7 Å². The van der Waals surface area contributed by atoms with Gasteiger partial charge in [0.15, 0.2) is 5.78 Å². The third kappa shape index (κ3) is 5.37. The molecular weight excluding hydrogens is 381 g/mol. The highest BCUT2D eigenvalue weighted by atomic mass is 19.4. The maximum Gasteiger partial charge on any atom is 0.416 e. The predicted molar refractivity (Wildman–Crippen MR) is 105 cm³/mol. The Kier molecular flexibility index (Phi) is 6.25. The van der Waals surface area contributed by atoms with Crippen molar-refractivity contribution in [1.82, 2.24) is 4.90 Å². The molecule has 1 fully saturated rings. The van der Waals surface area contributed by atoms with Crippen molar-refractivity contribution >= 4 is 17.4 Å². The second kappa shape index (κ2) is 8.68. The van der Waals surface area contributed by atoms with E-state index in [9.17, 15) is 22.8 Å². The number of piperidine rings is 1. The zero-order valence-corrected chi connectivity index (χ0v) is 16.1. The van der Waals surface area contributed by atoms with Crippen LogP contribution in [0, 0.1) is 12.8 Å². The summed E-state index contributed by atoms with van der Waals surface area (Å²) in [6, 6.07) is 12.2. The minimum Gasteiger partial charge on any atom is -0.376 e. The zero-order chi connectivity index (χ0) is 21.0. The summed E-state index contributed by atoms with van der Waals surface area (Å²) < 4.78 is 38.3. The lowest BCUT2D eigenvalue weighted by atomic mass is 9.88. The fourth-order valence-electron chi connectivity index (χ4n) is 3.44. The molecule has 1 heterocycles. The van der Waals surface area contributed by atoms with Gasteiger partial charge in [0.05, 0.1) is 12.1 Å². The molecular formula is C22H23F3N2O2. The highest BCUT2D eigenvalue weighted by Gasteiger charge is 2.31. The number of ketones is 1. The summed E-state index contributed by atoms with van der Waals surface area (Å²) in [5, 5.41) is 2.76. The normalized spacial score (nSPS) is 15.2. The van der Waals surface area contributed by atoms with Gasteiger partial charge >= 0.3 is 6.18 Å². The molecule has 1 aliphatic heterocycles. The van der Waals surface area contributed by atoms with E-state index in [2.05, 4.69) is 5.32 Å². The zero-order valence-electron chi connectivity index (χ0n) is 16.1. The van der Waals surface area contributed by atoms with Gasteiger partial charge in [-0.2, -0.15) is 13.2 Å². The molecule has 1 aliphatic rings. The van der Waals surface area contributed by atoms with Gasteiger partial charge in [0, 0.05) is 30.3 Å². The summed E-state index contributed by atoms with van der Waals surface area (Å²) in [4.78, 5) is 26.6. The van der Waals surface area contributed by atoms with E-state index >= 15 is 0 Å². The Labute approximate surface area is 167 Å². The maximum absolute atomic E-state index is 12.8. The first-order chi connectivity index (χ1) is 13.7. The average molecular weight is 404 g/mol. The van der Waals surface area contributed by atoms with Crippen molar-refractivity contribution in [1.29, 1.82) is 0 Å². The number of hydrogen-bond acceptors (Lipinski definition) is 3. The number of alkyl halides is 3. The Morgan fingerprint density at radius 3 is 2.34 bits per heavy atom. The van der Waals surface area contributed by atoms with E-state index in [4.69, 9.17) is 0 Å². The van der Waals surface area contributed by atoms with Gasteiger partial charge in [-0.3, -0.25) is 9.59 Å². The van der Waals surface area contributed by atoms with Crippen LogP contribution in [-0.2, 0) is 11.0 Å². The molecule has 0 spiro atoms. The number of aryl methyl sites for hydroxylation is 1. The van der Waals surface area contributed by atoms with Crippen molar-refractivity contribution in [2.24, 2.45) is 5.92 Å². The fraction of sp³-hybridized carbons (Fsp3) is 0.364. The molecule has 2 aromatic carbocycles. The Morgan fingerprint density at radius 1 is 1.07 bits per heavy atom. The van der Waals surface area contributed by atoms with Gasteiger partial charge in [-0.15, -0.1) is 0 Å². The summed E-state index contributed by atoms with van der Waals surface area (Å²) in [6.07, 6.45) is -3.25. The number of rotatable bonds is 5. The van der Waals surface area contributed by atoms with Crippen molar-refractivity contribution < 1.29 is 22.8 Å². The number of carbonyl (C=O) groups excluding carboxylic acids is 2. The number of Topliss-reactive ketones (excluding diaryl/α,β-unsaturated/α-hetero) is 1. The van der Waals surface area contributed by atoms with Crippen molar-refractivity contribution in [3.05, 3.63) is 65.2 Å². The Hall–Kier alpha value is -2.83. The number of hydrogen-bond donors (Lipinski definition) is 1. The van der Waals surface area contributed by atoms with Crippen LogP contribution in [0.4, 0.5) is 18.9 Å². The largest absolute Gasteiger partial charge is 0.416 e. The van der Waals surface area contributed by atoms with Gasteiger partial charge in [0.1, 0.15) is 0 Å². The summed E-state index contributed by atoms with van der Waals surface area (Å²) in [5.41, 5.74) is 1.27. The summed E-state index contributed by atoms with van der Waals surface area (Å²) in [6.45, 7) is 2.81. The molecule has 0 unspecified atom stereocenters. The highest BCUT2D eigenvalue weighted by Crippen LogP contribution is 2.30. The number of likely N-dealkylation sites (tertiary alicyclic amines) is 1. The molecule has 1 saturated heterocycles. The second-order valence-corrected chi connectivity index (χ2v) is 7.32. The number of anilines is 1. The molecule has 4 nitrogen and oxygen atoms in total. The lowest BCUT2D eigenvalue weighted by molar-refractivity contribution is -0.137. The number of benzene rings is 2. The van der Waals surface area contributed by atoms with Gasteiger partial charge in [-0.1, -0.05) is 35.9 Å². The Balaban J connectivity index is 1.50. The van der Waals surface area contributed by atoms with E-state index in [-0.39, 0.29) is 29.8 Å². The quantitative estimate of drug-likeness (QED) is 0.744. The third-order valence-corrected chi connectivity index (χ3v) is 5.19. The van der Waals surface area contributed by atoms with Crippen LogP contribution >= 0.6 is 0 Å². The van der Waals surface area contributed by atoms with Gasteiger partial charge in [-0.05, 0) is 38.0 Å². The molecule has 154 valence electrons. The molecule has 7 heteroatoms. The number of nitrogens with one attached hydrogen (secondary N) is 1. The third-order valence-electron chi connectivity index (χ3n) is 5.19. The Morgan fingerprint density at radius 2 is 1.72 bits per heavy atom. The topological polar surface area (TPSA) is 49.4 Å². The van der Waals surface area contributed by atoms with Crippen LogP contribution < -0.4 is 5.32 Å². The minimum atomic E-state index is -4.42. The van der Waals surface area contributed by atoms with Crippen LogP contribution in [0.3, 0.4) is 0 Å². The SMILES string of the molecule is Cc1ccc(C(=O)C2CCN(C(=O)CNc3cccc(C(F)(F)F)c3)CC2)cc1. The van der Waals surface area contributed by atoms with Crippen molar-refractivity contribution in [2.75, 3.05) is 25.0 Å². The van der Waals surface area contributed by atoms with E-state index in [0.717, 1.165) is 17.7 Å². The van der Waals surface area contributed by atoms with Crippen LogP contribution in [0.5, 0.6) is 0 Å². The first-order valence-electron chi connectivity index (χ1n) is 9.54. The molecule has 0 atom stereocenters. The van der Waals surface area contributed by atoms with E-state index in [0.29, 0.717) is 31.5 Å². The molecule has 0 saturated carbocycles. The fourth-order valence-corrected chi connectivity index (χ4v) is 3.44. The number of carbonyl (C=O) groups is 2. The molecule has 0 aromatic heterocycles. The molecule has 1 N–H and O–H groups in total. The summed E-state index contributed by atoms with van der Waals surface area (Å²) in [7, 11) is 0. The van der Waals surface area contributed by atoms with Gasteiger partial charge in [0.2, 0.25) is 5.91 Å². The van der Waals surface area contributed by atoms with E-state index in [1.165, 1.54) is 12.1 Å². The van der Waals surface area contributed by atoms with Crippen LogP contribution in [-0.4, -0.2) is 36.2 Å². The smallest absolute Gasteiger partial charge is 0.376 e. The molecule has 2 aromatic rings. The van der Waals surface area contributed by atoms with Crippen molar-refractivity contribution in [3.8, 4) is 0 Å². The van der Waals surface area contributed by atoms with Crippen LogP contribution in [0.15, 0.2) is 48.5 Å². The van der Waals surface area contributed by atoms with Gasteiger partial charge < -0.3 is 10.2 Å². The van der Waals surface area contributed by atoms with E-state index in [1.54, 1.807) is 4.90 Å². The van der Waals surface area contributed by atoms with Crippen LogP contribution in [0.2, 0.25) is 0 Å². The van der Waals surface area contributed by atoms with Gasteiger partial charge in [0.25, 0.3) is 0 Å². The van der Waals surface area contributed by atoms with Crippen LogP contribution in [0.25, 0.3) is 0 Å². The molecule has 29 heavy (non-hydrogen) atoms. The summed E-state index contributed by atoms with van der Waals surface area (Å²) >= 11 is 0. The maximum atomic E-state index is 12.8. The number of amides is 1. The minimum absolute atomic E-state index is 0.0854. The first kappa shape index (κ1) is 20.9. The number of halogens is 3. The van der Waals surface area contributed by atoms with Crippen LogP contribution in [0.1, 0.15) is 34.3 Å². The monoisotopic (exact) mass is 404 g/mol. The molecule has 0 radical (unpaired) electrons. The average Bonchev–Trinajstić information content (AvgIpc) is 2.72. The second-order valence-electron chi connectivity index (χ2n) is 7.32.